The van der Waals surface area contributed by atoms with E-state index in [1.807, 2.05) is 9.13 Å². The average molecular weight is 550 g/mol. The number of fused-ring (bicyclic) bond motifs is 2. The minimum absolute atomic E-state index is 0.325. The molecule has 9 nitrogen and oxygen atoms in total. The van der Waals surface area contributed by atoms with Crippen LogP contribution in [0.1, 0.15) is 33.6 Å². The van der Waals surface area contributed by atoms with Gasteiger partial charge in [-0.25, -0.2) is 23.2 Å². The largest absolute Gasteiger partial charge is 0.444 e. The number of amides is 1. The van der Waals surface area contributed by atoms with Gasteiger partial charge in [-0.2, -0.15) is 9.98 Å². The molecule has 0 spiro atoms. The number of aliphatic imine (C=N–C) groups is 2. The number of halogens is 2. The lowest BCUT2D eigenvalue weighted by atomic mass is 10.2. The van der Waals surface area contributed by atoms with E-state index in [2.05, 4.69) is 9.98 Å². The normalized spacial score (nSPS) is 11.3. The van der Waals surface area contributed by atoms with Gasteiger partial charge in [0.25, 0.3) is 0 Å². The summed E-state index contributed by atoms with van der Waals surface area (Å²) in [5, 5.41) is 1.01. The first kappa shape index (κ1) is 28.4. The van der Waals surface area contributed by atoms with Gasteiger partial charge < -0.3 is 18.8 Å². The number of aromatic nitrogens is 2. The number of hydrogen-bond donors (Lipinski definition) is 0. The van der Waals surface area contributed by atoms with Crippen LogP contribution in [0.4, 0.5) is 25.0 Å². The highest BCUT2D eigenvalue weighted by Crippen LogP contribution is 2.30. The highest BCUT2D eigenvalue weighted by molar-refractivity contribution is 5.93. The smallest absolute Gasteiger partial charge is 0.410 e. The van der Waals surface area contributed by atoms with E-state index in [0.717, 1.165) is 0 Å². The summed E-state index contributed by atoms with van der Waals surface area (Å²) in [4.78, 5) is 43.7. The monoisotopic (exact) mass is 549 g/mol. The summed E-state index contributed by atoms with van der Waals surface area (Å²) in [5.41, 5.74) is 1.39. The Morgan fingerprint density at radius 1 is 0.850 bits per heavy atom. The molecule has 0 aliphatic carbocycles. The Morgan fingerprint density at radius 3 is 1.70 bits per heavy atom. The van der Waals surface area contributed by atoms with Crippen molar-refractivity contribution >= 4 is 51.4 Å². The second kappa shape index (κ2) is 12.1. The predicted molar refractivity (Wildman–Crippen MR) is 146 cm³/mol. The zero-order valence-electron chi connectivity index (χ0n) is 22.5. The molecule has 0 unspecified atom stereocenters. The Hall–Kier alpha value is -4.59. The van der Waals surface area contributed by atoms with Crippen LogP contribution in [0.2, 0.25) is 0 Å². The molecule has 4 aromatic rings. The number of hydrogen-bond acceptors (Lipinski definition) is 6. The van der Waals surface area contributed by atoms with E-state index in [0.29, 0.717) is 72.2 Å². The van der Waals surface area contributed by atoms with Crippen molar-refractivity contribution in [2.75, 3.05) is 13.1 Å². The quantitative estimate of drug-likeness (QED) is 0.166. The van der Waals surface area contributed by atoms with Crippen LogP contribution in [0.3, 0.4) is 0 Å². The van der Waals surface area contributed by atoms with Crippen LogP contribution in [0.25, 0.3) is 21.8 Å². The Kier molecular flexibility index (Phi) is 8.58. The number of isocyanates is 2. The van der Waals surface area contributed by atoms with Crippen molar-refractivity contribution in [1.82, 2.24) is 14.0 Å². The van der Waals surface area contributed by atoms with Gasteiger partial charge in [-0.15, -0.1) is 0 Å². The molecule has 0 aliphatic heterocycles. The summed E-state index contributed by atoms with van der Waals surface area (Å²) in [5.74, 6) is -0.872. The number of nitrogens with zero attached hydrogens (tertiary/aromatic N) is 5. The highest BCUT2D eigenvalue weighted by atomic mass is 19.1. The van der Waals surface area contributed by atoms with E-state index in [9.17, 15) is 23.2 Å². The van der Waals surface area contributed by atoms with Gasteiger partial charge in [-0.3, -0.25) is 0 Å². The molecule has 0 fully saturated rings. The molecular formula is C29H29F2N5O4. The third-order valence-electron chi connectivity index (χ3n) is 6.28. The second-order valence-electron chi connectivity index (χ2n) is 10.3. The Bertz CT molecular complexity index is 1530. The van der Waals surface area contributed by atoms with E-state index in [4.69, 9.17) is 4.74 Å². The van der Waals surface area contributed by atoms with E-state index in [-0.39, 0.29) is 0 Å². The Balaban J connectivity index is 1.47. The molecule has 0 bridgehead atoms. The standard InChI is InChI=1S/C29H29F2N5O4/c1-29(2,3)40-28(39)34(10-4-12-35-16-24(32-18-37)22-14-20(30)6-8-26(22)35)11-5-13-36-17-25(33-19-38)23-15-21(31)7-9-27(23)36/h6-9,14-17H,4-5,10-13H2,1-3H3. The minimum Gasteiger partial charge on any atom is -0.444 e. The zero-order valence-corrected chi connectivity index (χ0v) is 22.5. The maximum atomic E-state index is 13.8. The van der Waals surface area contributed by atoms with Crippen LogP contribution in [0.5, 0.6) is 0 Å². The molecule has 0 radical (unpaired) electrons. The number of carbonyl (C=O) groups excluding carboxylic acids is 3. The van der Waals surface area contributed by atoms with Crippen LogP contribution >= 0.6 is 0 Å². The van der Waals surface area contributed by atoms with Crippen molar-refractivity contribution in [3.8, 4) is 0 Å². The fourth-order valence-corrected chi connectivity index (χ4v) is 4.63. The molecule has 4 rings (SSSR count). The van der Waals surface area contributed by atoms with Crippen molar-refractivity contribution < 1.29 is 27.9 Å². The summed E-state index contributed by atoms with van der Waals surface area (Å²) in [6.45, 7) is 7.10. The Morgan fingerprint density at radius 2 is 1.30 bits per heavy atom. The highest BCUT2D eigenvalue weighted by Gasteiger charge is 2.22. The molecule has 40 heavy (non-hydrogen) atoms. The number of aryl methyl sites for hydroxylation is 2. The molecule has 0 aliphatic rings. The molecular weight excluding hydrogens is 520 g/mol. The fourth-order valence-electron chi connectivity index (χ4n) is 4.63. The Labute approximate surface area is 229 Å². The first-order chi connectivity index (χ1) is 19.1. The third-order valence-corrected chi connectivity index (χ3v) is 6.28. The number of benzene rings is 2. The lowest BCUT2D eigenvalue weighted by molar-refractivity contribution is 0.0242. The molecule has 0 atom stereocenters. The number of rotatable bonds is 10. The lowest BCUT2D eigenvalue weighted by Crippen LogP contribution is -2.38. The molecule has 0 N–H and O–H groups in total. The lowest BCUT2D eigenvalue weighted by Gasteiger charge is -2.27. The van der Waals surface area contributed by atoms with Gasteiger partial charge in [-0.1, -0.05) is 0 Å². The van der Waals surface area contributed by atoms with Crippen molar-refractivity contribution in [2.24, 2.45) is 9.98 Å². The molecule has 1 amide bonds. The third kappa shape index (κ3) is 6.69. The van der Waals surface area contributed by atoms with E-state index in [1.54, 1.807) is 50.2 Å². The van der Waals surface area contributed by atoms with Gasteiger partial charge in [0.1, 0.15) is 28.6 Å². The SMILES string of the molecule is CC(C)(C)OC(=O)N(CCCn1cc(N=C=O)c2cc(F)ccc21)CCCn1cc(N=C=O)c2cc(F)ccc21. The predicted octanol–water partition coefficient (Wildman–Crippen LogP) is 6.53. The maximum absolute atomic E-state index is 13.8. The van der Waals surface area contributed by atoms with Crippen molar-refractivity contribution in [1.29, 1.82) is 0 Å². The van der Waals surface area contributed by atoms with Gasteiger partial charge in [0.2, 0.25) is 12.2 Å². The first-order valence-corrected chi connectivity index (χ1v) is 12.8. The first-order valence-electron chi connectivity index (χ1n) is 12.8. The van der Waals surface area contributed by atoms with Crippen LogP contribution in [0, 0.1) is 11.6 Å². The van der Waals surface area contributed by atoms with Crippen molar-refractivity contribution in [2.45, 2.75) is 52.3 Å². The fraction of sp³-hybridized carbons (Fsp3) is 0.345. The van der Waals surface area contributed by atoms with Crippen LogP contribution in [-0.2, 0) is 27.4 Å². The number of ether oxygens (including phenoxy) is 1. The van der Waals surface area contributed by atoms with E-state index in [1.165, 1.54) is 36.4 Å². The average Bonchev–Trinajstić information content (AvgIpc) is 3.39. The molecule has 11 heteroatoms. The van der Waals surface area contributed by atoms with Gasteiger partial charge >= 0.3 is 6.09 Å². The summed E-state index contributed by atoms with van der Waals surface area (Å²) >= 11 is 0. The van der Waals surface area contributed by atoms with E-state index >= 15 is 0 Å². The molecule has 208 valence electrons. The molecule has 2 aromatic carbocycles. The summed E-state index contributed by atoms with van der Waals surface area (Å²) in [6.07, 6.45) is 6.97. The zero-order chi connectivity index (χ0) is 28.9. The second-order valence-corrected chi connectivity index (χ2v) is 10.3. The minimum atomic E-state index is -0.680. The molecule has 2 heterocycles. The molecule has 0 saturated heterocycles. The topological polar surface area (TPSA) is 98.3 Å². The number of carbonyl (C=O) groups is 1. The van der Waals surface area contributed by atoms with Crippen molar-refractivity contribution in [3.05, 3.63) is 60.4 Å². The van der Waals surface area contributed by atoms with Crippen LogP contribution < -0.4 is 0 Å². The van der Waals surface area contributed by atoms with Crippen LogP contribution in [-0.4, -0.2) is 51.0 Å². The van der Waals surface area contributed by atoms with Gasteiger partial charge in [0, 0.05) is 49.3 Å². The van der Waals surface area contributed by atoms with Crippen LogP contribution in [0.15, 0.2) is 58.8 Å². The van der Waals surface area contributed by atoms with Gasteiger partial charge in [0.05, 0.1) is 11.0 Å². The summed E-state index contributed by atoms with van der Waals surface area (Å²) in [6, 6.07) is 8.56. The van der Waals surface area contributed by atoms with Gasteiger partial charge in [-0.05, 0) is 70.0 Å². The van der Waals surface area contributed by atoms with Crippen molar-refractivity contribution in [3.63, 3.8) is 0 Å². The summed E-state index contributed by atoms with van der Waals surface area (Å²) in [7, 11) is 0. The van der Waals surface area contributed by atoms with E-state index < -0.39 is 23.3 Å². The summed E-state index contributed by atoms with van der Waals surface area (Å²) < 4.78 is 36.9. The molecule has 0 saturated carbocycles. The maximum Gasteiger partial charge on any atom is 0.410 e. The molecule has 2 aromatic heterocycles. The van der Waals surface area contributed by atoms with Gasteiger partial charge in [0.15, 0.2) is 0 Å².